The Morgan fingerprint density at radius 2 is 2.25 bits per heavy atom. The maximum Gasteiger partial charge on any atom is 0.249 e. The number of amides is 2. The van der Waals surface area contributed by atoms with Crippen molar-refractivity contribution in [2.75, 3.05) is 17.7 Å². The van der Waals surface area contributed by atoms with E-state index < -0.39 is 6.04 Å². The summed E-state index contributed by atoms with van der Waals surface area (Å²) in [5.74, 6) is -0.639. The molecule has 5 nitrogen and oxygen atoms in total. The van der Waals surface area contributed by atoms with E-state index in [4.69, 9.17) is 0 Å². The number of carbonyl (C=O) groups excluding carboxylic acids is 2. The zero-order chi connectivity index (χ0) is 14.7. The van der Waals surface area contributed by atoms with E-state index in [0.717, 1.165) is 4.90 Å². The Bertz CT molecular complexity index is 595. The molecule has 2 amide bonds. The summed E-state index contributed by atoms with van der Waals surface area (Å²) in [7, 11) is 0. The first-order chi connectivity index (χ1) is 9.62. The average Bonchev–Trinajstić information content (AvgIpc) is 2.45. The molecular formula is C14H15N3O2S. The maximum atomic E-state index is 11.9. The highest BCUT2D eigenvalue weighted by molar-refractivity contribution is 7.98. The van der Waals surface area contributed by atoms with Gasteiger partial charge in [0, 0.05) is 4.90 Å². The maximum absolute atomic E-state index is 11.9. The van der Waals surface area contributed by atoms with Gasteiger partial charge in [0.15, 0.2) is 0 Å². The van der Waals surface area contributed by atoms with Gasteiger partial charge in [0.2, 0.25) is 11.8 Å². The van der Waals surface area contributed by atoms with Crippen LogP contribution in [0, 0.1) is 11.3 Å². The topological polar surface area (TPSA) is 73.2 Å². The molecule has 1 fully saturated rings. The van der Waals surface area contributed by atoms with Crippen molar-refractivity contribution in [2.45, 2.75) is 24.3 Å². The Balaban J connectivity index is 2.51. The third-order valence-corrected chi connectivity index (χ3v) is 4.07. The Kier molecular flexibility index (Phi) is 4.30. The van der Waals surface area contributed by atoms with Crippen molar-refractivity contribution in [3.8, 4) is 6.07 Å². The number of hydrogen-bond acceptors (Lipinski definition) is 5. The Labute approximate surface area is 121 Å². The van der Waals surface area contributed by atoms with Crippen LogP contribution in [0.1, 0.15) is 18.9 Å². The van der Waals surface area contributed by atoms with Crippen LogP contribution in [0.3, 0.4) is 0 Å². The molecule has 6 heteroatoms. The molecule has 1 aliphatic rings. The van der Waals surface area contributed by atoms with Gasteiger partial charge in [-0.05, 0) is 24.8 Å². The van der Waals surface area contributed by atoms with Crippen molar-refractivity contribution in [3.05, 3.63) is 23.8 Å². The minimum atomic E-state index is -0.420. The second kappa shape index (κ2) is 5.97. The van der Waals surface area contributed by atoms with Gasteiger partial charge in [-0.3, -0.25) is 14.9 Å². The molecule has 0 aromatic heterocycles. The van der Waals surface area contributed by atoms with Crippen molar-refractivity contribution in [2.24, 2.45) is 0 Å². The van der Waals surface area contributed by atoms with Crippen LogP contribution >= 0.6 is 11.8 Å². The zero-order valence-electron chi connectivity index (χ0n) is 11.3. The van der Waals surface area contributed by atoms with Crippen molar-refractivity contribution < 1.29 is 9.59 Å². The fourth-order valence-corrected chi connectivity index (χ4v) is 2.94. The minimum Gasteiger partial charge on any atom is -0.349 e. The van der Waals surface area contributed by atoms with E-state index in [1.807, 2.05) is 25.3 Å². The molecule has 0 radical (unpaired) electrons. The molecule has 1 heterocycles. The lowest BCUT2D eigenvalue weighted by atomic mass is 10.1. The Hall–Kier alpha value is -2.00. The highest BCUT2D eigenvalue weighted by Crippen LogP contribution is 2.31. The number of nitrogens with one attached hydrogen (secondary N) is 1. The van der Waals surface area contributed by atoms with E-state index in [9.17, 15) is 14.9 Å². The van der Waals surface area contributed by atoms with Gasteiger partial charge in [-0.1, -0.05) is 13.0 Å². The van der Waals surface area contributed by atoms with E-state index >= 15 is 0 Å². The largest absolute Gasteiger partial charge is 0.349 e. The van der Waals surface area contributed by atoms with Crippen molar-refractivity contribution in [1.82, 2.24) is 5.32 Å². The van der Waals surface area contributed by atoms with Gasteiger partial charge in [-0.15, -0.1) is 11.8 Å². The number of nitriles is 1. The average molecular weight is 289 g/mol. The van der Waals surface area contributed by atoms with Gasteiger partial charge >= 0.3 is 0 Å². The van der Waals surface area contributed by atoms with Crippen LogP contribution in [0.5, 0.6) is 0 Å². The molecule has 20 heavy (non-hydrogen) atoms. The number of imide groups is 1. The Morgan fingerprint density at radius 3 is 2.85 bits per heavy atom. The molecule has 0 bridgehead atoms. The molecule has 0 aliphatic carbocycles. The smallest absolute Gasteiger partial charge is 0.249 e. The highest BCUT2D eigenvalue weighted by Gasteiger charge is 2.33. The molecule has 1 aliphatic heterocycles. The number of carbonyl (C=O) groups is 2. The molecule has 1 saturated heterocycles. The van der Waals surface area contributed by atoms with Gasteiger partial charge in [0.1, 0.15) is 12.1 Å². The first-order valence-electron chi connectivity index (χ1n) is 6.29. The van der Waals surface area contributed by atoms with Crippen LogP contribution in [-0.4, -0.2) is 30.7 Å². The molecule has 1 N–H and O–H groups in total. The van der Waals surface area contributed by atoms with E-state index in [2.05, 4.69) is 11.4 Å². The predicted octanol–water partition coefficient (Wildman–Crippen LogP) is 1.52. The van der Waals surface area contributed by atoms with Crippen molar-refractivity contribution in [3.63, 3.8) is 0 Å². The summed E-state index contributed by atoms with van der Waals surface area (Å²) in [6.45, 7) is 1.98. The number of piperazine rings is 1. The van der Waals surface area contributed by atoms with E-state index in [1.54, 1.807) is 11.0 Å². The fraction of sp³-hybridized carbons (Fsp3) is 0.357. The SMILES string of the molecule is CCC1C(=O)NC(=O)CN1c1cccc(SC)c1C#N. The lowest BCUT2D eigenvalue weighted by Crippen LogP contribution is -2.58. The number of anilines is 1. The molecule has 1 aromatic carbocycles. The van der Waals surface area contributed by atoms with Crippen LogP contribution in [0.4, 0.5) is 5.69 Å². The quantitative estimate of drug-likeness (QED) is 0.674. The third-order valence-electron chi connectivity index (χ3n) is 3.29. The van der Waals surface area contributed by atoms with E-state index in [0.29, 0.717) is 17.7 Å². The standard InChI is InChI=1S/C14H15N3O2S/c1-3-10-14(19)16-13(18)8-17(10)11-5-4-6-12(20-2)9(11)7-15/h4-6,10H,3,8H2,1-2H3,(H,16,18,19). The second-order valence-electron chi connectivity index (χ2n) is 4.43. The normalized spacial score (nSPS) is 18.6. The van der Waals surface area contributed by atoms with Crippen LogP contribution in [0.15, 0.2) is 23.1 Å². The lowest BCUT2D eigenvalue weighted by Gasteiger charge is -2.35. The van der Waals surface area contributed by atoms with E-state index in [-0.39, 0.29) is 18.4 Å². The summed E-state index contributed by atoms with van der Waals surface area (Å²) in [5.41, 5.74) is 1.16. The van der Waals surface area contributed by atoms with Crippen LogP contribution in [0.25, 0.3) is 0 Å². The van der Waals surface area contributed by atoms with Crippen molar-refractivity contribution >= 4 is 29.3 Å². The van der Waals surface area contributed by atoms with Crippen LogP contribution in [0.2, 0.25) is 0 Å². The fourth-order valence-electron chi connectivity index (χ4n) is 2.37. The molecule has 0 saturated carbocycles. The summed E-state index contributed by atoms with van der Waals surface area (Å²) in [6.07, 6.45) is 2.47. The molecule has 1 aromatic rings. The lowest BCUT2D eigenvalue weighted by molar-refractivity contribution is -0.132. The van der Waals surface area contributed by atoms with E-state index in [1.165, 1.54) is 11.8 Å². The molecular weight excluding hydrogens is 274 g/mol. The zero-order valence-corrected chi connectivity index (χ0v) is 12.2. The summed E-state index contributed by atoms with van der Waals surface area (Å²) in [4.78, 5) is 26.1. The summed E-state index contributed by atoms with van der Waals surface area (Å²) >= 11 is 1.47. The Morgan fingerprint density at radius 1 is 1.50 bits per heavy atom. The number of nitrogens with zero attached hydrogens (tertiary/aromatic N) is 2. The van der Waals surface area contributed by atoms with Crippen molar-refractivity contribution in [1.29, 1.82) is 5.26 Å². The molecule has 0 spiro atoms. The van der Waals surface area contributed by atoms with Crippen LogP contribution < -0.4 is 10.2 Å². The highest BCUT2D eigenvalue weighted by atomic mass is 32.2. The number of thioether (sulfide) groups is 1. The first-order valence-corrected chi connectivity index (χ1v) is 7.52. The van der Waals surface area contributed by atoms with Gasteiger partial charge in [0.25, 0.3) is 0 Å². The van der Waals surface area contributed by atoms with Gasteiger partial charge in [-0.25, -0.2) is 0 Å². The predicted molar refractivity (Wildman–Crippen MR) is 77.5 cm³/mol. The summed E-state index contributed by atoms with van der Waals surface area (Å²) in [5, 5.41) is 11.7. The number of benzene rings is 1. The molecule has 104 valence electrons. The molecule has 2 rings (SSSR count). The van der Waals surface area contributed by atoms with Gasteiger partial charge in [0.05, 0.1) is 17.8 Å². The molecule has 1 atom stereocenters. The van der Waals surface area contributed by atoms with Gasteiger partial charge < -0.3 is 4.90 Å². The summed E-state index contributed by atoms with van der Waals surface area (Å²) < 4.78 is 0. The summed E-state index contributed by atoms with van der Waals surface area (Å²) in [6, 6.07) is 7.25. The third kappa shape index (κ3) is 2.49. The van der Waals surface area contributed by atoms with Gasteiger partial charge in [-0.2, -0.15) is 5.26 Å². The molecule has 1 unspecified atom stereocenters. The first kappa shape index (κ1) is 14.4. The second-order valence-corrected chi connectivity index (χ2v) is 5.28. The van der Waals surface area contributed by atoms with Crippen LogP contribution in [-0.2, 0) is 9.59 Å². The minimum absolute atomic E-state index is 0.0940. The monoisotopic (exact) mass is 289 g/mol. The number of hydrogen-bond donors (Lipinski definition) is 1. The number of rotatable bonds is 3.